The van der Waals surface area contributed by atoms with Crippen LogP contribution in [0.5, 0.6) is 5.75 Å². The summed E-state index contributed by atoms with van der Waals surface area (Å²) in [4.78, 5) is 48.4. The molecule has 0 aliphatic carbocycles. The van der Waals surface area contributed by atoms with Gasteiger partial charge in [0.1, 0.15) is 17.4 Å². The number of ether oxygens (including phenoxy) is 2. The lowest BCUT2D eigenvalue weighted by molar-refractivity contribution is -0.150. The minimum atomic E-state index is -1.23. The van der Waals surface area contributed by atoms with Crippen LogP contribution in [0.2, 0.25) is 0 Å². The molecule has 9 nitrogen and oxygen atoms in total. The van der Waals surface area contributed by atoms with E-state index in [2.05, 4.69) is 6.92 Å². The average Bonchev–Trinajstić information content (AvgIpc) is 3.24. The van der Waals surface area contributed by atoms with Crippen LogP contribution in [0.4, 0.5) is 5.69 Å². The van der Waals surface area contributed by atoms with Gasteiger partial charge >= 0.3 is 0 Å². The Morgan fingerprint density at radius 1 is 0.881 bits per heavy atom. The molecule has 2 fully saturated rings. The smallest absolute Gasteiger partial charge is 0.249 e. The van der Waals surface area contributed by atoms with E-state index < -0.39 is 29.1 Å². The van der Waals surface area contributed by atoms with Crippen LogP contribution in [-0.4, -0.2) is 89.3 Å². The van der Waals surface area contributed by atoms with Crippen LogP contribution >= 0.6 is 0 Å². The summed E-state index contributed by atoms with van der Waals surface area (Å²) < 4.78 is 12.5. The second kappa shape index (κ2) is 12.6. The molecule has 42 heavy (non-hydrogen) atoms. The zero-order valence-corrected chi connectivity index (χ0v) is 25.2. The molecule has 9 heteroatoms. The van der Waals surface area contributed by atoms with E-state index in [1.165, 1.54) is 0 Å². The van der Waals surface area contributed by atoms with E-state index in [1.807, 2.05) is 67.3 Å². The lowest BCUT2D eigenvalue weighted by atomic mass is 9.74. The molecule has 0 bridgehead atoms. The van der Waals surface area contributed by atoms with Crippen molar-refractivity contribution in [1.29, 1.82) is 0 Å². The molecule has 0 aromatic heterocycles. The van der Waals surface area contributed by atoms with Gasteiger partial charge in [-0.1, -0.05) is 50.5 Å². The van der Waals surface area contributed by atoms with E-state index in [0.29, 0.717) is 45.6 Å². The lowest BCUT2D eigenvalue weighted by Crippen LogP contribution is -2.56. The Morgan fingerprint density at radius 3 is 2.33 bits per heavy atom. The predicted octanol–water partition coefficient (Wildman–Crippen LogP) is 3.71. The van der Waals surface area contributed by atoms with Crippen molar-refractivity contribution in [2.24, 2.45) is 11.8 Å². The number of fused-ring (bicyclic) bond motifs is 2. The minimum Gasteiger partial charge on any atom is -0.494 e. The quantitative estimate of drug-likeness (QED) is 0.300. The number of hydrogen-bond acceptors (Lipinski definition) is 6. The number of unbranched alkanes of at least 4 members (excludes halogenated alkanes) is 4. The number of likely N-dealkylation sites (tertiary alicyclic amines) is 1. The van der Waals surface area contributed by atoms with Crippen molar-refractivity contribution in [3.8, 4) is 5.75 Å². The minimum absolute atomic E-state index is 0.112. The number of amides is 3. The van der Waals surface area contributed by atoms with E-state index in [4.69, 9.17) is 9.47 Å². The SMILES string of the molecule is CCCCN1CC=C[C@]23O[C@@]4(C)C=CCN(c5ccc(OCC)cc5)C(=O)[C@H]4[C@H]2C(=O)N(CCCCCCO)C3C1=O. The summed E-state index contributed by atoms with van der Waals surface area (Å²) in [5, 5.41) is 9.18. The molecular weight excluding hydrogens is 534 g/mol. The van der Waals surface area contributed by atoms with Crippen molar-refractivity contribution < 1.29 is 29.0 Å². The van der Waals surface area contributed by atoms with Crippen molar-refractivity contribution >= 4 is 23.4 Å². The number of nitrogens with zero attached hydrogens (tertiary/aromatic N) is 3. The van der Waals surface area contributed by atoms with Gasteiger partial charge in [0.05, 0.1) is 24.0 Å². The first-order valence-electron chi connectivity index (χ1n) is 15.6. The van der Waals surface area contributed by atoms with Gasteiger partial charge in [0, 0.05) is 38.5 Å². The number of benzene rings is 1. The van der Waals surface area contributed by atoms with Gasteiger partial charge in [-0.25, -0.2) is 0 Å². The molecular formula is C33H45N3O6. The second-order valence-corrected chi connectivity index (χ2v) is 12.0. The van der Waals surface area contributed by atoms with Crippen molar-refractivity contribution in [3.63, 3.8) is 0 Å². The summed E-state index contributed by atoms with van der Waals surface area (Å²) in [6, 6.07) is 6.60. The Kier molecular flexibility index (Phi) is 9.08. The molecule has 4 aliphatic heterocycles. The van der Waals surface area contributed by atoms with Crippen LogP contribution in [-0.2, 0) is 19.1 Å². The Hall–Kier alpha value is -3.17. The van der Waals surface area contributed by atoms with Gasteiger partial charge in [0.15, 0.2) is 0 Å². The first-order chi connectivity index (χ1) is 20.3. The summed E-state index contributed by atoms with van der Waals surface area (Å²) in [5.74, 6) is -1.38. The van der Waals surface area contributed by atoms with Gasteiger partial charge in [-0.05, 0) is 57.4 Å². The molecule has 3 amide bonds. The predicted molar refractivity (Wildman–Crippen MR) is 160 cm³/mol. The van der Waals surface area contributed by atoms with E-state index in [-0.39, 0.29) is 24.3 Å². The average molecular weight is 580 g/mol. The fraction of sp³-hybridized carbons (Fsp3) is 0.606. The first-order valence-corrected chi connectivity index (χ1v) is 15.6. The highest BCUT2D eigenvalue weighted by molar-refractivity contribution is 6.04. The fourth-order valence-electron chi connectivity index (χ4n) is 7.23. The lowest BCUT2D eigenvalue weighted by Gasteiger charge is -2.37. The van der Waals surface area contributed by atoms with E-state index >= 15 is 0 Å². The molecule has 5 atom stereocenters. The number of aliphatic hydroxyl groups excluding tert-OH is 1. The Balaban J connectivity index is 1.52. The normalized spacial score (nSPS) is 30.3. The maximum atomic E-state index is 14.5. The largest absolute Gasteiger partial charge is 0.494 e. The zero-order valence-electron chi connectivity index (χ0n) is 25.2. The second-order valence-electron chi connectivity index (χ2n) is 12.0. The Bertz CT molecular complexity index is 1210. The van der Waals surface area contributed by atoms with Gasteiger partial charge < -0.3 is 29.3 Å². The maximum absolute atomic E-state index is 14.5. The molecule has 1 spiro atoms. The topological polar surface area (TPSA) is 99.6 Å². The third-order valence-electron chi connectivity index (χ3n) is 9.19. The third-order valence-corrected chi connectivity index (χ3v) is 9.19. The van der Waals surface area contributed by atoms with Gasteiger partial charge in [-0.15, -0.1) is 0 Å². The molecule has 1 aromatic carbocycles. The molecule has 1 N–H and O–H groups in total. The Morgan fingerprint density at radius 2 is 1.62 bits per heavy atom. The van der Waals surface area contributed by atoms with Crippen molar-refractivity contribution in [1.82, 2.24) is 9.80 Å². The summed E-state index contributed by atoms with van der Waals surface area (Å²) in [6.45, 7) is 8.42. The number of rotatable bonds is 12. The van der Waals surface area contributed by atoms with E-state index in [0.717, 1.165) is 37.1 Å². The summed E-state index contributed by atoms with van der Waals surface area (Å²) in [7, 11) is 0. The molecule has 0 saturated carbocycles. The van der Waals surface area contributed by atoms with Crippen LogP contribution in [0.15, 0.2) is 48.6 Å². The van der Waals surface area contributed by atoms with Gasteiger partial charge in [0.25, 0.3) is 0 Å². The zero-order chi connectivity index (χ0) is 29.9. The van der Waals surface area contributed by atoms with Crippen LogP contribution < -0.4 is 9.64 Å². The van der Waals surface area contributed by atoms with E-state index in [1.54, 1.807) is 9.80 Å². The van der Waals surface area contributed by atoms with Crippen LogP contribution in [0.3, 0.4) is 0 Å². The molecule has 4 aliphatic rings. The number of anilines is 1. The standard InChI is InChI=1S/C33H45N3O6/c1-4-6-19-34-20-12-18-33-27(30(39)36(28(33)31(34)40)21-9-7-8-10-23-37)26-29(38)35(22-11-17-32(26,3)42-33)24-13-15-25(16-14-24)41-5-2/h11-18,26-28,37H,4-10,19-23H2,1-3H3/t26-,27+,28?,32+,33+/m1/s1. The summed E-state index contributed by atoms with van der Waals surface area (Å²) >= 11 is 0. The van der Waals surface area contributed by atoms with Gasteiger partial charge in [-0.3, -0.25) is 14.4 Å². The maximum Gasteiger partial charge on any atom is 0.249 e. The van der Waals surface area contributed by atoms with Crippen molar-refractivity contribution in [3.05, 3.63) is 48.6 Å². The van der Waals surface area contributed by atoms with E-state index in [9.17, 15) is 19.5 Å². The molecule has 5 rings (SSSR count). The number of aliphatic hydroxyl groups is 1. The summed E-state index contributed by atoms with van der Waals surface area (Å²) in [5.41, 5.74) is -1.56. The van der Waals surface area contributed by atoms with Crippen LogP contribution in [0.25, 0.3) is 0 Å². The highest BCUT2D eigenvalue weighted by Gasteiger charge is 2.74. The van der Waals surface area contributed by atoms with Gasteiger partial charge in [0.2, 0.25) is 17.7 Å². The molecule has 4 heterocycles. The highest BCUT2D eigenvalue weighted by atomic mass is 16.5. The number of carbonyl (C=O) groups excluding carboxylic acids is 3. The Labute approximate surface area is 249 Å². The molecule has 1 unspecified atom stereocenters. The van der Waals surface area contributed by atoms with Crippen LogP contribution in [0, 0.1) is 11.8 Å². The van der Waals surface area contributed by atoms with Gasteiger partial charge in [-0.2, -0.15) is 0 Å². The van der Waals surface area contributed by atoms with Crippen molar-refractivity contribution in [2.45, 2.75) is 76.5 Å². The first kappa shape index (κ1) is 30.3. The van der Waals surface area contributed by atoms with Crippen LogP contribution in [0.1, 0.15) is 59.3 Å². The molecule has 0 radical (unpaired) electrons. The summed E-state index contributed by atoms with van der Waals surface area (Å²) in [6.07, 6.45) is 12.7. The molecule has 2 saturated heterocycles. The third kappa shape index (κ3) is 5.26. The highest BCUT2D eigenvalue weighted by Crippen LogP contribution is 2.57. The number of carbonyl (C=O) groups is 3. The number of hydrogen-bond donors (Lipinski definition) is 1. The molecule has 228 valence electrons. The van der Waals surface area contributed by atoms with Crippen molar-refractivity contribution in [2.75, 3.05) is 44.3 Å². The monoisotopic (exact) mass is 579 g/mol. The molecule has 1 aromatic rings. The fourth-order valence-corrected chi connectivity index (χ4v) is 7.23.